The number of benzene rings is 4. The van der Waals surface area contributed by atoms with E-state index in [-0.39, 0.29) is 29.5 Å². The maximum Gasteiger partial charge on any atom is 0.264 e. The van der Waals surface area contributed by atoms with Gasteiger partial charge in [-0.1, -0.05) is 84.2 Å². The molecule has 4 aromatic rings. The van der Waals surface area contributed by atoms with Crippen molar-refractivity contribution in [2.24, 2.45) is 0 Å². The molecule has 11 heteroatoms. The lowest BCUT2D eigenvalue weighted by Crippen LogP contribution is -2.53. The Morgan fingerprint density at radius 2 is 1.49 bits per heavy atom. The maximum atomic E-state index is 14.6. The number of carbonyl (C=O) groups excluding carboxylic acids is 2. The van der Waals surface area contributed by atoms with Gasteiger partial charge in [0.05, 0.1) is 17.2 Å². The number of hydrogen-bond donors (Lipinski definition) is 1. The SMILES string of the molecule is CCCNC(=O)C(Cc1ccccc1)N(Cc1c(Cl)cccc1Cl)C(=O)CN(c1ccc(OCC)cc1)S(=O)(=O)c1ccc(C)cc1. The van der Waals surface area contributed by atoms with Gasteiger partial charge >= 0.3 is 0 Å². The Labute approximate surface area is 287 Å². The van der Waals surface area contributed by atoms with Crippen LogP contribution in [-0.4, -0.2) is 50.9 Å². The van der Waals surface area contributed by atoms with Gasteiger partial charge in [-0.15, -0.1) is 0 Å². The van der Waals surface area contributed by atoms with Gasteiger partial charge in [-0.25, -0.2) is 8.42 Å². The lowest BCUT2D eigenvalue weighted by atomic mass is 10.0. The van der Waals surface area contributed by atoms with Crippen molar-refractivity contribution in [3.63, 3.8) is 0 Å². The molecular weight excluding hydrogens is 657 g/mol. The number of anilines is 1. The zero-order chi connectivity index (χ0) is 34.0. The second-order valence-electron chi connectivity index (χ2n) is 11.0. The van der Waals surface area contributed by atoms with Gasteiger partial charge in [0.25, 0.3) is 10.0 Å². The molecule has 0 saturated heterocycles. The Balaban J connectivity index is 1.83. The highest BCUT2D eigenvalue weighted by molar-refractivity contribution is 7.92. The third kappa shape index (κ3) is 9.28. The Morgan fingerprint density at radius 1 is 0.851 bits per heavy atom. The number of ether oxygens (including phenoxy) is 1. The van der Waals surface area contributed by atoms with Crippen LogP contribution in [0.25, 0.3) is 0 Å². The van der Waals surface area contributed by atoms with E-state index in [2.05, 4.69) is 5.32 Å². The van der Waals surface area contributed by atoms with Crippen LogP contribution in [0.4, 0.5) is 5.69 Å². The van der Waals surface area contributed by atoms with E-state index in [1.165, 1.54) is 17.0 Å². The molecule has 0 radical (unpaired) electrons. The van der Waals surface area contributed by atoms with Crippen molar-refractivity contribution in [3.05, 3.63) is 124 Å². The first kappa shape index (κ1) is 35.8. The fraction of sp³-hybridized carbons (Fsp3) is 0.278. The fourth-order valence-corrected chi connectivity index (χ4v) is 6.95. The van der Waals surface area contributed by atoms with E-state index in [1.807, 2.05) is 51.1 Å². The topological polar surface area (TPSA) is 96.0 Å². The number of rotatable bonds is 15. The third-order valence-corrected chi connectivity index (χ3v) is 10.0. The van der Waals surface area contributed by atoms with Crippen LogP contribution in [0.1, 0.15) is 37.0 Å². The summed E-state index contributed by atoms with van der Waals surface area (Å²) >= 11 is 13.1. The Hall–Kier alpha value is -4.05. The van der Waals surface area contributed by atoms with Crippen molar-refractivity contribution in [1.82, 2.24) is 10.2 Å². The molecule has 248 valence electrons. The number of aryl methyl sites for hydroxylation is 1. The van der Waals surface area contributed by atoms with E-state index >= 15 is 0 Å². The molecule has 0 aliphatic carbocycles. The average Bonchev–Trinajstić information content (AvgIpc) is 3.06. The van der Waals surface area contributed by atoms with Crippen molar-refractivity contribution < 1.29 is 22.7 Å². The van der Waals surface area contributed by atoms with Crippen LogP contribution in [0.2, 0.25) is 10.0 Å². The number of hydrogen-bond acceptors (Lipinski definition) is 5. The summed E-state index contributed by atoms with van der Waals surface area (Å²) in [6, 6.07) is 26.2. The molecule has 4 aromatic carbocycles. The summed E-state index contributed by atoms with van der Waals surface area (Å²) in [6.45, 7) is 5.75. The van der Waals surface area contributed by atoms with E-state index in [0.717, 1.165) is 15.4 Å². The first-order chi connectivity index (χ1) is 22.5. The molecule has 1 N–H and O–H groups in total. The van der Waals surface area contributed by atoms with E-state index in [9.17, 15) is 18.0 Å². The van der Waals surface area contributed by atoms with Crippen molar-refractivity contribution >= 4 is 50.7 Å². The number of nitrogens with zero attached hydrogens (tertiary/aromatic N) is 2. The normalized spacial score (nSPS) is 11.9. The summed E-state index contributed by atoms with van der Waals surface area (Å²) in [6.07, 6.45) is 0.867. The van der Waals surface area contributed by atoms with Crippen LogP contribution in [0, 0.1) is 6.92 Å². The molecular formula is C36H39Cl2N3O5S. The van der Waals surface area contributed by atoms with Crippen LogP contribution in [0.5, 0.6) is 5.75 Å². The first-order valence-electron chi connectivity index (χ1n) is 15.4. The third-order valence-electron chi connectivity index (χ3n) is 7.53. The van der Waals surface area contributed by atoms with Gasteiger partial charge in [0.1, 0.15) is 18.3 Å². The van der Waals surface area contributed by atoms with E-state index in [1.54, 1.807) is 54.6 Å². The minimum absolute atomic E-state index is 0.0204. The van der Waals surface area contributed by atoms with Gasteiger partial charge in [-0.3, -0.25) is 13.9 Å². The van der Waals surface area contributed by atoms with Gasteiger partial charge in [0, 0.05) is 35.1 Å². The highest BCUT2D eigenvalue weighted by Gasteiger charge is 2.35. The Bertz CT molecular complexity index is 1730. The molecule has 0 saturated carbocycles. The standard InChI is InChI=1S/C36H39Cl2N3O5S/c1-4-22-39-36(43)34(23-27-10-7-6-8-11-27)40(24-31-32(37)12-9-13-33(31)38)35(42)25-41(28-16-18-29(19-17-28)46-5-2)47(44,45)30-20-14-26(3)15-21-30/h6-21,34H,4-5,22-25H2,1-3H3,(H,39,43). The predicted molar refractivity (Wildman–Crippen MR) is 188 cm³/mol. The van der Waals surface area contributed by atoms with Gasteiger partial charge < -0.3 is 15.0 Å². The number of amides is 2. The van der Waals surface area contributed by atoms with Gasteiger partial charge in [0.2, 0.25) is 11.8 Å². The van der Waals surface area contributed by atoms with Crippen LogP contribution in [0.15, 0.2) is 102 Å². The quantitative estimate of drug-likeness (QED) is 0.144. The first-order valence-corrected chi connectivity index (χ1v) is 17.6. The smallest absolute Gasteiger partial charge is 0.264 e. The summed E-state index contributed by atoms with van der Waals surface area (Å²) in [4.78, 5) is 29.8. The monoisotopic (exact) mass is 695 g/mol. The van der Waals surface area contributed by atoms with E-state index in [0.29, 0.717) is 40.9 Å². The molecule has 0 spiro atoms. The molecule has 0 bridgehead atoms. The van der Waals surface area contributed by atoms with Crippen LogP contribution < -0.4 is 14.4 Å². The highest BCUT2D eigenvalue weighted by atomic mass is 35.5. The number of halogens is 2. The largest absolute Gasteiger partial charge is 0.494 e. The molecule has 1 atom stereocenters. The van der Waals surface area contributed by atoms with Crippen molar-refractivity contribution in [2.45, 2.75) is 51.1 Å². The van der Waals surface area contributed by atoms with Crippen molar-refractivity contribution in [1.29, 1.82) is 0 Å². The molecule has 0 aliphatic rings. The number of sulfonamides is 1. The molecule has 0 heterocycles. The number of nitrogens with one attached hydrogen (secondary N) is 1. The second kappa shape index (κ2) is 16.7. The van der Waals surface area contributed by atoms with Gasteiger partial charge in [0.15, 0.2) is 0 Å². The predicted octanol–water partition coefficient (Wildman–Crippen LogP) is 7.06. The molecule has 0 aliphatic heterocycles. The van der Waals surface area contributed by atoms with Crippen molar-refractivity contribution in [3.8, 4) is 5.75 Å². The minimum Gasteiger partial charge on any atom is -0.494 e. The summed E-state index contributed by atoms with van der Waals surface area (Å²) in [5.74, 6) is -0.430. The van der Waals surface area contributed by atoms with Crippen LogP contribution >= 0.6 is 23.2 Å². The summed E-state index contributed by atoms with van der Waals surface area (Å²) in [5, 5.41) is 3.56. The lowest BCUT2D eigenvalue weighted by molar-refractivity contribution is -0.140. The molecule has 2 amide bonds. The molecule has 0 fully saturated rings. The summed E-state index contributed by atoms with van der Waals surface area (Å²) < 4.78 is 35.1. The molecule has 0 aromatic heterocycles. The van der Waals surface area contributed by atoms with Crippen LogP contribution in [0.3, 0.4) is 0 Å². The molecule has 47 heavy (non-hydrogen) atoms. The molecule has 1 unspecified atom stereocenters. The zero-order valence-electron chi connectivity index (χ0n) is 26.7. The lowest BCUT2D eigenvalue weighted by Gasteiger charge is -2.34. The summed E-state index contributed by atoms with van der Waals surface area (Å²) in [7, 11) is -4.24. The van der Waals surface area contributed by atoms with E-state index < -0.39 is 28.5 Å². The summed E-state index contributed by atoms with van der Waals surface area (Å²) in [5.41, 5.74) is 2.41. The van der Waals surface area contributed by atoms with Gasteiger partial charge in [-0.05, 0) is 74.4 Å². The van der Waals surface area contributed by atoms with Gasteiger partial charge in [-0.2, -0.15) is 0 Å². The average molecular weight is 697 g/mol. The number of carbonyl (C=O) groups is 2. The minimum atomic E-state index is -4.24. The fourth-order valence-electron chi connectivity index (χ4n) is 5.02. The molecule has 4 rings (SSSR count). The highest BCUT2D eigenvalue weighted by Crippen LogP contribution is 2.30. The van der Waals surface area contributed by atoms with Crippen molar-refractivity contribution in [2.75, 3.05) is 24.0 Å². The second-order valence-corrected chi connectivity index (χ2v) is 13.6. The zero-order valence-corrected chi connectivity index (χ0v) is 29.0. The Kier molecular flexibility index (Phi) is 12.7. The Morgan fingerprint density at radius 3 is 2.09 bits per heavy atom. The van der Waals surface area contributed by atoms with Crippen LogP contribution in [-0.2, 0) is 32.6 Å². The molecule has 8 nitrogen and oxygen atoms in total. The maximum absolute atomic E-state index is 14.6. The van der Waals surface area contributed by atoms with E-state index in [4.69, 9.17) is 27.9 Å².